The fourth-order valence-electron chi connectivity index (χ4n) is 1.92. The number of nitrogens with zero attached hydrogens (tertiary/aromatic N) is 1. The number of carbonyl (C=O) groups excluding carboxylic acids is 1. The Morgan fingerprint density at radius 3 is 2.70 bits per heavy atom. The molecule has 0 bridgehead atoms. The number of aryl methyl sites for hydroxylation is 2. The number of non-ortho nitro benzene ring substituents is 1. The number of anilines is 1. The Kier molecular flexibility index (Phi) is 5.63. The number of thioether (sulfide) groups is 1. The Morgan fingerprint density at radius 2 is 2.00 bits per heavy atom. The largest absolute Gasteiger partial charge is 0.324 e. The lowest BCUT2D eigenvalue weighted by atomic mass is 10.2. The number of nitro benzene ring substituents is 1. The molecule has 0 heterocycles. The Labute approximate surface area is 143 Å². The first-order chi connectivity index (χ1) is 10.9. The maximum atomic E-state index is 12.1. The molecular formula is C16H15ClN2O3S. The third-order valence-electron chi connectivity index (χ3n) is 3.14. The summed E-state index contributed by atoms with van der Waals surface area (Å²) in [5, 5.41) is 13.7. The standard InChI is InChI=1S/C16H15ClN2O3S/c1-10-3-4-11(2)15(7-10)23-9-16(20)18-14-8-12(19(21)22)5-6-13(14)17/h3-8H,9H2,1-2H3,(H,18,20). The van der Waals surface area contributed by atoms with Crippen LogP contribution in [0.3, 0.4) is 0 Å². The van der Waals surface area contributed by atoms with Gasteiger partial charge in [0.05, 0.1) is 21.4 Å². The van der Waals surface area contributed by atoms with E-state index in [1.807, 2.05) is 32.0 Å². The van der Waals surface area contributed by atoms with E-state index in [1.54, 1.807) is 0 Å². The van der Waals surface area contributed by atoms with Gasteiger partial charge in [-0.05, 0) is 31.5 Å². The average molecular weight is 351 g/mol. The summed E-state index contributed by atoms with van der Waals surface area (Å²) in [4.78, 5) is 23.3. The number of carbonyl (C=O) groups is 1. The molecule has 5 nitrogen and oxygen atoms in total. The molecule has 0 aliphatic carbocycles. The molecule has 7 heteroatoms. The lowest BCUT2D eigenvalue weighted by Crippen LogP contribution is -2.14. The van der Waals surface area contributed by atoms with Crippen molar-refractivity contribution in [3.05, 3.63) is 62.7 Å². The average Bonchev–Trinajstić information content (AvgIpc) is 2.50. The summed E-state index contributed by atoms with van der Waals surface area (Å²) in [6, 6.07) is 9.99. The van der Waals surface area contributed by atoms with Crippen LogP contribution in [0.4, 0.5) is 11.4 Å². The van der Waals surface area contributed by atoms with Crippen LogP contribution in [0.5, 0.6) is 0 Å². The molecule has 0 aliphatic rings. The number of nitro groups is 1. The van der Waals surface area contributed by atoms with Gasteiger partial charge < -0.3 is 5.32 Å². The molecule has 120 valence electrons. The SMILES string of the molecule is Cc1ccc(C)c(SCC(=O)Nc2cc([N+](=O)[O-])ccc2Cl)c1. The molecule has 2 rings (SSSR count). The number of hydrogen-bond acceptors (Lipinski definition) is 4. The molecule has 2 aromatic rings. The van der Waals surface area contributed by atoms with Gasteiger partial charge >= 0.3 is 0 Å². The van der Waals surface area contributed by atoms with Crippen molar-refractivity contribution in [2.24, 2.45) is 0 Å². The predicted octanol–water partition coefficient (Wildman–Crippen LogP) is 4.60. The minimum absolute atomic E-state index is 0.119. The minimum atomic E-state index is -0.531. The first-order valence-corrected chi connectivity index (χ1v) is 8.17. The van der Waals surface area contributed by atoms with E-state index in [2.05, 4.69) is 5.32 Å². The van der Waals surface area contributed by atoms with Crippen LogP contribution in [0.15, 0.2) is 41.3 Å². The molecule has 0 aromatic heterocycles. The summed E-state index contributed by atoms with van der Waals surface area (Å²) in [6.07, 6.45) is 0. The summed E-state index contributed by atoms with van der Waals surface area (Å²) >= 11 is 7.38. The minimum Gasteiger partial charge on any atom is -0.324 e. The zero-order chi connectivity index (χ0) is 17.0. The van der Waals surface area contributed by atoms with Gasteiger partial charge in [-0.2, -0.15) is 0 Å². The fourth-order valence-corrected chi connectivity index (χ4v) is 3.00. The van der Waals surface area contributed by atoms with E-state index in [0.29, 0.717) is 0 Å². The maximum Gasteiger partial charge on any atom is 0.271 e. The number of rotatable bonds is 5. The quantitative estimate of drug-likeness (QED) is 0.486. The van der Waals surface area contributed by atoms with E-state index in [0.717, 1.165) is 16.0 Å². The number of halogens is 1. The van der Waals surface area contributed by atoms with Crippen molar-refractivity contribution in [3.8, 4) is 0 Å². The van der Waals surface area contributed by atoms with Gasteiger partial charge in [-0.1, -0.05) is 29.3 Å². The van der Waals surface area contributed by atoms with Crippen molar-refractivity contribution in [3.63, 3.8) is 0 Å². The molecule has 2 aromatic carbocycles. The summed E-state index contributed by atoms with van der Waals surface area (Å²) in [5.74, 6) is -0.0677. The molecule has 1 amide bonds. The van der Waals surface area contributed by atoms with Gasteiger partial charge in [0, 0.05) is 17.0 Å². The topological polar surface area (TPSA) is 72.2 Å². The van der Waals surface area contributed by atoms with Gasteiger partial charge in [0.25, 0.3) is 5.69 Å². The Bertz CT molecular complexity index is 765. The molecule has 23 heavy (non-hydrogen) atoms. The normalized spacial score (nSPS) is 10.4. The van der Waals surface area contributed by atoms with Crippen LogP contribution in [0, 0.1) is 24.0 Å². The predicted molar refractivity (Wildman–Crippen MR) is 93.4 cm³/mol. The number of nitrogens with one attached hydrogen (secondary N) is 1. The van der Waals surface area contributed by atoms with Crippen molar-refractivity contribution < 1.29 is 9.72 Å². The number of benzene rings is 2. The zero-order valence-electron chi connectivity index (χ0n) is 12.6. The smallest absolute Gasteiger partial charge is 0.271 e. The summed E-state index contributed by atoms with van der Waals surface area (Å²) < 4.78 is 0. The van der Waals surface area contributed by atoms with Gasteiger partial charge in [0.1, 0.15) is 0 Å². The molecule has 0 unspecified atom stereocenters. The van der Waals surface area contributed by atoms with Crippen molar-refractivity contribution in [2.75, 3.05) is 11.1 Å². The van der Waals surface area contributed by atoms with E-state index < -0.39 is 4.92 Å². The highest BCUT2D eigenvalue weighted by atomic mass is 35.5. The monoisotopic (exact) mass is 350 g/mol. The van der Waals surface area contributed by atoms with Gasteiger partial charge in [0.15, 0.2) is 0 Å². The van der Waals surface area contributed by atoms with E-state index in [-0.39, 0.29) is 28.1 Å². The highest BCUT2D eigenvalue weighted by Gasteiger charge is 2.12. The molecule has 0 saturated heterocycles. The second kappa shape index (κ2) is 7.48. The second-order valence-electron chi connectivity index (χ2n) is 5.03. The van der Waals surface area contributed by atoms with Crippen molar-refractivity contribution in [1.29, 1.82) is 0 Å². The first kappa shape index (κ1) is 17.3. The van der Waals surface area contributed by atoms with Crippen LogP contribution < -0.4 is 5.32 Å². The van der Waals surface area contributed by atoms with Crippen LogP contribution in [-0.4, -0.2) is 16.6 Å². The third kappa shape index (κ3) is 4.71. The van der Waals surface area contributed by atoms with E-state index in [9.17, 15) is 14.9 Å². The van der Waals surface area contributed by atoms with E-state index in [1.165, 1.54) is 30.0 Å². The van der Waals surface area contributed by atoms with Crippen LogP contribution in [0.25, 0.3) is 0 Å². The van der Waals surface area contributed by atoms with Crippen molar-refractivity contribution in [1.82, 2.24) is 0 Å². The zero-order valence-corrected chi connectivity index (χ0v) is 14.2. The molecule has 0 saturated carbocycles. The first-order valence-electron chi connectivity index (χ1n) is 6.80. The van der Waals surface area contributed by atoms with Crippen LogP contribution >= 0.6 is 23.4 Å². The lowest BCUT2D eigenvalue weighted by Gasteiger charge is -2.09. The Balaban J connectivity index is 2.04. The molecular weight excluding hydrogens is 336 g/mol. The van der Waals surface area contributed by atoms with Crippen LogP contribution in [0.2, 0.25) is 5.02 Å². The van der Waals surface area contributed by atoms with Gasteiger partial charge in [0.2, 0.25) is 5.91 Å². The molecule has 0 atom stereocenters. The maximum absolute atomic E-state index is 12.1. The van der Waals surface area contributed by atoms with Gasteiger partial charge in [-0.3, -0.25) is 14.9 Å². The van der Waals surface area contributed by atoms with E-state index in [4.69, 9.17) is 11.6 Å². The molecule has 0 radical (unpaired) electrons. The fraction of sp³-hybridized carbons (Fsp3) is 0.188. The lowest BCUT2D eigenvalue weighted by molar-refractivity contribution is -0.384. The van der Waals surface area contributed by atoms with E-state index >= 15 is 0 Å². The Morgan fingerprint density at radius 1 is 1.26 bits per heavy atom. The molecule has 1 N–H and O–H groups in total. The molecule has 0 aliphatic heterocycles. The van der Waals surface area contributed by atoms with Crippen LogP contribution in [-0.2, 0) is 4.79 Å². The number of amides is 1. The van der Waals surface area contributed by atoms with Gasteiger partial charge in [-0.15, -0.1) is 11.8 Å². The molecule has 0 fully saturated rings. The van der Waals surface area contributed by atoms with Crippen molar-refractivity contribution in [2.45, 2.75) is 18.7 Å². The highest BCUT2D eigenvalue weighted by Crippen LogP contribution is 2.28. The third-order valence-corrected chi connectivity index (χ3v) is 4.62. The summed E-state index contributed by atoms with van der Waals surface area (Å²) in [5.41, 5.74) is 2.35. The Hall–Kier alpha value is -2.05. The summed E-state index contributed by atoms with van der Waals surface area (Å²) in [6.45, 7) is 3.98. The molecule has 0 spiro atoms. The number of hydrogen-bond donors (Lipinski definition) is 1. The van der Waals surface area contributed by atoms with Crippen molar-refractivity contribution >= 4 is 40.6 Å². The van der Waals surface area contributed by atoms with Crippen LogP contribution in [0.1, 0.15) is 11.1 Å². The summed E-state index contributed by atoms with van der Waals surface area (Å²) in [7, 11) is 0. The second-order valence-corrected chi connectivity index (χ2v) is 6.45. The van der Waals surface area contributed by atoms with Gasteiger partial charge in [-0.25, -0.2) is 0 Å². The highest BCUT2D eigenvalue weighted by molar-refractivity contribution is 8.00.